The minimum Gasteiger partial charge on any atom is -0.378 e. The summed E-state index contributed by atoms with van der Waals surface area (Å²) in [5, 5.41) is 2.98. The van der Waals surface area contributed by atoms with E-state index in [-0.39, 0.29) is 11.7 Å². The molecule has 0 radical (unpaired) electrons. The fourth-order valence-electron chi connectivity index (χ4n) is 3.37. The molecule has 0 bridgehead atoms. The smallest absolute Gasteiger partial charge is 0.251 e. The van der Waals surface area contributed by atoms with Crippen molar-refractivity contribution in [3.05, 3.63) is 34.9 Å². The summed E-state index contributed by atoms with van der Waals surface area (Å²) in [5.41, 5.74) is 2.32. The highest BCUT2D eigenvalue weighted by atomic mass is 16.5. The number of ether oxygens (including phenoxy) is 1. The van der Waals surface area contributed by atoms with Crippen molar-refractivity contribution in [1.82, 2.24) is 5.32 Å². The highest BCUT2D eigenvalue weighted by Crippen LogP contribution is 2.25. The van der Waals surface area contributed by atoms with Gasteiger partial charge in [-0.25, -0.2) is 0 Å². The number of hydrogen-bond donors (Lipinski definition) is 1. The van der Waals surface area contributed by atoms with Crippen LogP contribution in [0.3, 0.4) is 0 Å². The quantitative estimate of drug-likeness (QED) is 0.822. The normalized spacial score (nSPS) is 20.2. The Morgan fingerprint density at radius 2 is 2.18 bits per heavy atom. The van der Waals surface area contributed by atoms with Gasteiger partial charge in [-0.15, -0.1) is 0 Å². The number of ketones is 1. The van der Waals surface area contributed by atoms with Crippen molar-refractivity contribution in [1.29, 1.82) is 0 Å². The van der Waals surface area contributed by atoms with Crippen LogP contribution < -0.4 is 5.32 Å². The van der Waals surface area contributed by atoms with Crippen molar-refractivity contribution >= 4 is 11.7 Å². The Hall–Kier alpha value is -1.68. The molecule has 1 saturated heterocycles. The monoisotopic (exact) mass is 301 g/mol. The van der Waals surface area contributed by atoms with E-state index < -0.39 is 0 Å². The second-order valence-electron chi connectivity index (χ2n) is 6.14. The highest BCUT2D eigenvalue weighted by molar-refractivity contribution is 6.05. The van der Waals surface area contributed by atoms with Crippen LogP contribution in [0.15, 0.2) is 18.2 Å². The zero-order valence-electron chi connectivity index (χ0n) is 12.9. The van der Waals surface area contributed by atoms with E-state index in [1.54, 1.807) is 6.07 Å². The molecule has 1 amide bonds. The van der Waals surface area contributed by atoms with E-state index in [1.807, 2.05) is 12.1 Å². The SMILES string of the molecule is O=C1CCc2c1cccc2C(=O)NCCCCC1CCCO1. The van der Waals surface area contributed by atoms with Crippen LogP contribution in [-0.2, 0) is 11.2 Å². The van der Waals surface area contributed by atoms with Crippen molar-refractivity contribution in [3.63, 3.8) is 0 Å². The van der Waals surface area contributed by atoms with E-state index in [2.05, 4.69) is 5.32 Å². The van der Waals surface area contributed by atoms with Crippen molar-refractivity contribution in [3.8, 4) is 0 Å². The predicted octanol–water partition coefficient (Wildman–Crippen LogP) is 2.89. The van der Waals surface area contributed by atoms with Gasteiger partial charge in [-0.2, -0.15) is 0 Å². The minimum atomic E-state index is -0.0522. The zero-order chi connectivity index (χ0) is 15.4. The standard InChI is InChI=1S/C18H23NO3/c20-17-10-9-14-15(17)7-3-8-16(14)18(21)19-11-2-1-5-13-6-4-12-22-13/h3,7-8,13H,1-2,4-6,9-12H2,(H,19,21). The molecule has 4 nitrogen and oxygen atoms in total. The number of carbonyl (C=O) groups excluding carboxylic acids is 2. The summed E-state index contributed by atoms with van der Waals surface area (Å²) in [6.45, 7) is 1.59. The number of Topliss-reactive ketones (excluding diaryl/α,β-unsaturated/α-hetero) is 1. The molecule has 1 fully saturated rings. The Kier molecular flexibility index (Phi) is 4.88. The van der Waals surface area contributed by atoms with Gasteiger partial charge in [0.25, 0.3) is 5.91 Å². The number of nitrogens with one attached hydrogen (secondary N) is 1. The summed E-state index contributed by atoms with van der Waals surface area (Å²) in [6.07, 6.45) is 7.15. The molecule has 0 aromatic heterocycles. The molecular weight excluding hydrogens is 278 g/mol. The minimum absolute atomic E-state index is 0.0522. The van der Waals surface area contributed by atoms with E-state index in [1.165, 1.54) is 12.8 Å². The lowest BCUT2D eigenvalue weighted by Gasteiger charge is -2.10. The fraction of sp³-hybridized carbons (Fsp3) is 0.556. The van der Waals surface area contributed by atoms with E-state index in [0.29, 0.717) is 31.1 Å². The summed E-state index contributed by atoms with van der Waals surface area (Å²) in [5.74, 6) is 0.102. The Morgan fingerprint density at radius 3 is 3.00 bits per heavy atom. The largest absolute Gasteiger partial charge is 0.378 e. The average Bonchev–Trinajstić information content (AvgIpc) is 3.17. The Bertz CT molecular complexity index is 561. The summed E-state index contributed by atoms with van der Waals surface area (Å²) in [6, 6.07) is 5.44. The van der Waals surface area contributed by atoms with Gasteiger partial charge in [-0.05, 0) is 50.2 Å². The van der Waals surface area contributed by atoms with Gasteiger partial charge in [-0.1, -0.05) is 12.1 Å². The number of benzene rings is 1. The molecule has 1 heterocycles. The molecule has 3 rings (SSSR count). The number of carbonyl (C=O) groups is 2. The predicted molar refractivity (Wildman–Crippen MR) is 84.3 cm³/mol. The van der Waals surface area contributed by atoms with E-state index in [9.17, 15) is 9.59 Å². The van der Waals surface area contributed by atoms with Gasteiger partial charge in [0.05, 0.1) is 6.10 Å². The lowest BCUT2D eigenvalue weighted by atomic mass is 10.0. The van der Waals surface area contributed by atoms with Gasteiger partial charge in [0.15, 0.2) is 5.78 Å². The maximum absolute atomic E-state index is 12.3. The molecule has 0 saturated carbocycles. The Balaban J connectivity index is 1.45. The average molecular weight is 301 g/mol. The van der Waals surface area contributed by atoms with Gasteiger partial charge in [0.2, 0.25) is 0 Å². The first kappa shape index (κ1) is 15.2. The Morgan fingerprint density at radius 1 is 1.27 bits per heavy atom. The van der Waals surface area contributed by atoms with Crippen molar-refractivity contribution in [2.45, 2.75) is 51.0 Å². The van der Waals surface area contributed by atoms with E-state index in [4.69, 9.17) is 4.74 Å². The fourth-order valence-corrected chi connectivity index (χ4v) is 3.37. The van der Waals surface area contributed by atoms with Crippen molar-refractivity contribution in [2.24, 2.45) is 0 Å². The topological polar surface area (TPSA) is 55.4 Å². The third-order valence-electron chi connectivity index (χ3n) is 4.59. The van der Waals surface area contributed by atoms with Crippen LogP contribution in [0, 0.1) is 0 Å². The molecule has 1 aliphatic heterocycles. The maximum Gasteiger partial charge on any atom is 0.251 e. The number of rotatable bonds is 6. The summed E-state index contributed by atoms with van der Waals surface area (Å²) < 4.78 is 5.59. The van der Waals surface area contributed by atoms with Gasteiger partial charge < -0.3 is 10.1 Å². The molecule has 22 heavy (non-hydrogen) atoms. The lowest BCUT2D eigenvalue weighted by Crippen LogP contribution is -2.25. The third-order valence-corrected chi connectivity index (χ3v) is 4.59. The molecule has 2 aliphatic rings. The molecule has 1 aliphatic carbocycles. The molecule has 0 spiro atoms. The lowest BCUT2D eigenvalue weighted by molar-refractivity contribution is 0.0945. The zero-order valence-corrected chi connectivity index (χ0v) is 12.9. The van der Waals surface area contributed by atoms with E-state index >= 15 is 0 Å². The molecular formula is C18H23NO3. The van der Waals surface area contributed by atoms with Gasteiger partial charge in [0, 0.05) is 30.7 Å². The van der Waals surface area contributed by atoms with Crippen LogP contribution in [0.25, 0.3) is 0 Å². The van der Waals surface area contributed by atoms with Crippen LogP contribution in [0.4, 0.5) is 0 Å². The second kappa shape index (κ2) is 7.05. The summed E-state index contributed by atoms with van der Waals surface area (Å²) in [4.78, 5) is 24.0. The molecule has 1 aromatic carbocycles. The van der Waals surface area contributed by atoms with Crippen molar-refractivity contribution < 1.29 is 14.3 Å². The number of amides is 1. The maximum atomic E-state index is 12.3. The summed E-state index contributed by atoms with van der Waals surface area (Å²) in [7, 11) is 0. The highest BCUT2D eigenvalue weighted by Gasteiger charge is 2.24. The van der Waals surface area contributed by atoms with Crippen LogP contribution in [0.1, 0.15) is 64.8 Å². The van der Waals surface area contributed by atoms with Crippen LogP contribution in [0.5, 0.6) is 0 Å². The molecule has 1 aromatic rings. The first-order valence-electron chi connectivity index (χ1n) is 8.30. The van der Waals surface area contributed by atoms with E-state index in [0.717, 1.165) is 37.0 Å². The molecule has 1 unspecified atom stereocenters. The molecule has 4 heteroatoms. The van der Waals surface area contributed by atoms with Crippen LogP contribution in [-0.4, -0.2) is 30.9 Å². The Labute approximate surface area is 131 Å². The molecule has 1 N–H and O–H groups in total. The van der Waals surface area contributed by atoms with Gasteiger partial charge >= 0.3 is 0 Å². The third kappa shape index (κ3) is 3.38. The number of hydrogen-bond acceptors (Lipinski definition) is 3. The second-order valence-corrected chi connectivity index (χ2v) is 6.14. The molecule has 118 valence electrons. The first-order chi connectivity index (χ1) is 10.8. The number of unbranched alkanes of at least 4 members (excludes halogenated alkanes) is 1. The van der Waals surface area contributed by atoms with Crippen molar-refractivity contribution in [2.75, 3.05) is 13.2 Å². The first-order valence-corrected chi connectivity index (χ1v) is 8.30. The van der Waals surface area contributed by atoms with Crippen LogP contribution >= 0.6 is 0 Å². The van der Waals surface area contributed by atoms with Gasteiger partial charge in [0.1, 0.15) is 0 Å². The molecule has 1 atom stereocenters. The van der Waals surface area contributed by atoms with Crippen LogP contribution in [0.2, 0.25) is 0 Å². The number of fused-ring (bicyclic) bond motifs is 1. The summed E-state index contributed by atoms with van der Waals surface area (Å²) >= 11 is 0. The van der Waals surface area contributed by atoms with Gasteiger partial charge in [-0.3, -0.25) is 9.59 Å².